The van der Waals surface area contributed by atoms with Gasteiger partial charge in [0.05, 0.1) is 6.54 Å². The molecule has 1 aliphatic heterocycles. The molecule has 1 atom stereocenters. The van der Waals surface area contributed by atoms with Crippen molar-refractivity contribution < 1.29 is 9.32 Å². The predicted octanol–water partition coefficient (Wildman–Crippen LogP) is 2.02. The van der Waals surface area contributed by atoms with E-state index in [1.165, 1.54) is 17.5 Å². The summed E-state index contributed by atoms with van der Waals surface area (Å²) in [7, 11) is 0. The predicted molar refractivity (Wildman–Crippen MR) is 101 cm³/mol. The molecule has 27 heavy (non-hydrogen) atoms. The molecule has 0 spiro atoms. The molecule has 2 aromatic rings. The van der Waals surface area contributed by atoms with Gasteiger partial charge in [-0.25, -0.2) is 4.79 Å². The number of amides is 2. The molecule has 0 bridgehead atoms. The van der Waals surface area contributed by atoms with Gasteiger partial charge >= 0.3 is 6.03 Å². The number of fused-ring (bicyclic) bond motifs is 1. The lowest BCUT2D eigenvalue weighted by Gasteiger charge is -2.41. The molecule has 1 saturated heterocycles. The fourth-order valence-electron chi connectivity index (χ4n) is 4.05. The second-order valence-electron chi connectivity index (χ2n) is 7.30. The van der Waals surface area contributed by atoms with E-state index < -0.39 is 0 Å². The number of hydrogen-bond acceptors (Lipinski definition) is 5. The molecular weight excluding hydrogens is 342 g/mol. The molecule has 1 fully saturated rings. The van der Waals surface area contributed by atoms with E-state index in [4.69, 9.17) is 4.52 Å². The molecule has 1 unspecified atom stereocenters. The van der Waals surface area contributed by atoms with Crippen LogP contribution in [0.5, 0.6) is 0 Å². The maximum absolute atomic E-state index is 12.4. The fourth-order valence-corrected chi connectivity index (χ4v) is 4.05. The van der Waals surface area contributed by atoms with Crippen LogP contribution >= 0.6 is 0 Å². The minimum absolute atomic E-state index is 0.0557. The van der Waals surface area contributed by atoms with Crippen LogP contribution in [0.2, 0.25) is 0 Å². The normalized spacial score (nSPS) is 20.3. The van der Waals surface area contributed by atoms with Crippen molar-refractivity contribution in [3.8, 4) is 0 Å². The molecule has 1 aliphatic carbocycles. The Kier molecular flexibility index (Phi) is 5.38. The molecule has 0 saturated carbocycles. The van der Waals surface area contributed by atoms with Crippen molar-refractivity contribution in [2.75, 3.05) is 26.2 Å². The molecule has 2 heterocycles. The molecule has 7 heteroatoms. The van der Waals surface area contributed by atoms with Crippen molar-refractivity contribution in [3.05, 3.63) is 47.1 Å². The van der Waals surface area contributed by atoms with Gasteiger partial charge in [-0.1, -0.05) is 36.3 Å². The molecule has 0 radical (unpaired) electrons. The molecule has 1 aromatic heterocycles. The first-order valence-electron chi connectivity index (χ1n) is 9.88. The lowest BCUT2D eigenvalue weighted by molar-refractivity contribution is 0.101. The summed E-state index contributed by atoms with van der Waals surface area (Å²) in [5.74, 6) is 1.13. The maximum atomic E-state index is 12.4. The first-order valence-corrected chi connectivity index (χ1v) is 9.88. The highest BCUT2D eigenvalue weighted by atomic mass is 16.5. The van der Waals surface area contributed by atoms with Gasteiger partial charge in [0.15, 0.2) is 5.82 Å². The average molecular weight is 369 g/mol. The molecular formula is C20H27N5O2. The Morgan fingerprint density at radius 1 is 1.22 bits per heavy atom. The van der Waals surface area contributed by atoms with Gasteiger partial charge < -0.3 is 14.7 Å². The van der Waals surface area contributed by atoms with E-state index in [2.05, 4.69) is 44.6 Å². The largest absolute Gasteiger partial charge is 0.337 e. The van der Waals surface area contributed by atoms with E-state index in [-0.39, 0.29) is 12.6 Å². The van der Waals surface area contributed by atoms with Crippen molar-refractivity contribution in [1.29, 1.82) is 0 Å². The van der Waals surface area contributed by atoms with Crippen molar-refractivity contribution in [1.82, 2.24) is 25.3 Å². The first kappa shape index (κ1) is 18.0. The van der Waals surface area contributed by atoms with Crippen LogP contribution in [0.3, 0.4) is 0 Å². The zero-order valence-electron chi connectivity index (χ0n) is 15.9. The standard InChI is InChI=1S/C20H27N5O2/c1-2-18-22-19(27-23-18)14-21-20(26)25-11-9-24(10-12-25)17-8-7-15-5-3-4-6-16(15)13-17/h3-6,17H,2,7-14H2,1H3,(H,21,26). The van der Waals surface area contributed by atoms with Crippen LogP contribution in [0.1, 0.15) is 36.2 Å². The Hall–Kier alpha value is -2.41. The minimum atomic E-state index is -0.0557. The van der Waals surface area contributed by atoms with E-state index in [1.54, 1.807) is 0 Å². The summed E-state index contributed by atoms with van der Waals surface area (Å²) < 4.78 is 5.12. The van der Waals surface area contributed by atoms with Crippen molar-refractivity contribution in [2.45, 2.75) is 45.2 Å². The number of hydrogen-bond donors (Lipinski definition) is 1. The van der Waals surface area contributed by atoms with Gasteiger partial charge in [0.25, 0.3) is 0 Å². The lowest BCUT2D eigenvalue weighted by Crippen LogP contribution is -2.55. The van der Waals surface area contributed by atoms with Crippen molar-refractivity contribution >= 4 is 6.03 Å². The van der Waals surface area contributed by atoms with Gasteiger partial charge in [-0.05, 0) is 30.4 Å². The summed E-state index contributed by atoms with van der Waals surface area (Å²) in [5.41, 5.74) is 2.99. The fraction of sp³-hybridized carbons (Fsp3) is 0.550. The van der Waals surface area contributed by atoms with Crippen LogP contribution in [0.15, 0.2) is 28.8 Å². The third-order valence-electron chi connectivity index (χ3n) is 5.66. The second-order valence-corrected chi connectivity index (χ2v) is 7.30. The quantitative estimate of drug-likeness (QED) is 0.892. The number of aromatic nitrogens is 2. The summed E-state index contributed by atoms with van der Waals surface area (Å²) in [6.07, 6.45) is 4.22. The molecule has 1 N–H and O–H groups in total. The van der Waals surface area contributed by atoms with Crippen LogP contribution in [0.4, 0.5) is 4.79 Å². The Morgan fingerprint density at radius 2 is 2.00 bits per heavy atom. The lowest BCUT2D eigenvalue weighted by atomic mass is 9.87. The zero-order chi connectivity index (χ0) is 18.6. The number of carbonyl (C=O) groups is 1. The third kappa shape index (κ3) is 4.13. The van der Waals surface area contributed by atoms with Gasteiger partial charge in [0.2, 0.25) is 5.89 Å². The molecule has 144 valence electrons. The third-order valence-corrected chi connectivity index (χ3v) is 5.66. The average Bonchev–Trinajstić information content (AvgIpc) is 3.20. The zero-order valence-corrected chi connectivity index (χ0v) is 15.9. The van der Waals surface area contributed by atoms with Crippen LogP contribution in [-0.2, 0) is 25.8 Å². The number of nitrogens with zero attached hydrogens (tertiary/aromatic N) is 4. The second kappa shape index (κ2) is 8.08. The number of urea groups is 1. The van der Waals surface area contributed by atoms with E-state index in [9.17, 15) is 4.79 Å². The maximum Gasteiger partial charge on any atom is 0.317 e. The number of benzene rings is 1. The Balaban J connectivity index is 1.24. The van der Waals surface area contributed by atoms with Crippen molar-refractivity contribution in [3.63, 3.8) is 0 Å². The van der Waals surface area contributed by atoms with E-state index in [0.717, 1.165) is 45.4 Å². The Labute approximate surface area is 159 Å². The minimum Gasteiger partial charge on any atom is -0.337 e. The summed E-state index contributed by atoms with van der Waals surface area (Å²) in [4.78, 5) is 21.0. The van der Waals surface area contributed by atoms with Gasteiger partial charge in [0, 0.05) is 38.6 Å². The van der Waals surface area contributed by atoms with Crippen LogP contribution < -0.4 is 5.32 Å². The van der Waals surface area contributed by atoms with E-state index >= 15 is 0 Å². The van der Waals surface area contributed by atoms with Gasteiger partial charge in [-0.2, -0.15) is 4.98 Å². The topological polar surface area (TPSA) is 74.5 Å². The summed E-state index contributed by atoms with van der Waals surface area (Å²) in [5, 5.41) is 6.73. The number of piperazine rings is 1. The van der Waals surface area contributed by atoms with Gasteiger partial charge in [-0.15, -0.1) is 0 Å². The highest BCUT2D eigenvalue weighted by Crippen LogP contribution is 2.25. The molecule has 2 aliphatic rings. The smallest absolute Gasteiger partial charge is 0.317 e. The van der Waals surface area contributed by atoms with Gasteiger partial charge in [-0.3, -0.25) is 4.90 Å². The number of nitrogens with one attached hydrogen (secondary N) is 1. The monoisotopic (exact) mass is 369 g/mol. The molecule has 7 nitrogen and oxygen atoms in total. The highest BCUT2D eigenvalue weighted by Gasteiger charge is 2.28. The SMILES string of the molecule is CCc1noc(CNC(=O)N2CCN(C3CCc4ccccc4C3)CC2)n1. The summed E-state index contributed by atoms with van der Waals surface area (Å²) in [6.45, 7) is 5.63. The molecule has 1 aromatic carbocycles. The number of carbonyl (C=O) groups excluding carboxylic acids is 1. The number of aryl methyl sites for hydroxylation is 2. The molecule has 2 amide bonds. The Morgan fingerprint density at radius 3 is 2.74 bits per heavy atom. The first-order chi connectivity index (χ1) is 13.2. The van der Waals surface area contributed by atoms with Crippen LogP contribution in [-0.4, -0.2) is 58.2 Å². The van der Waals surface area contributed by atoms with Crippen LogP contribution in [0.25, 0.3) is 0 Å². The summed E-state index contributed by atoms with van der Waals surface area (Å²) in [6, 6.07) is 9.31. The van der Waals surface area contributed by atoms with Crippen LogP contribution in [0, 0.1) is 0 Å². The highest BCUT2D eigenvalue weighted by molar-refractivity contribution is 5.74. The molecule has 4 rings (SSSR count). The van der Waals surface area contributed by atoms with E-state index in [1.807, 2.05) is 11.8 Å². The Bertz CT molecular complexity index is 782. The van der Waals surface area contributed by atoms with Crippen molar-refractivity contribution in [2.24, 2.45) is 0 Å². The van der Waals surface area contributed by atoms with E-state index in [0.29, 0.717) is 17.8 Å². The number of rotatable bonds is 4. The summed E-state index contributed by atoms with van der Waals surface area (Å²) >= 11 is 0. The van der Waals surface area contributed by atoms with Gasteiger partial charge in [0.1, 0.15) is 0 Å².